The van der Waals surface area contributed by atoms with E-state index in [0.717, 1.165) is 41.8 Å². The van der Waals surface area contributed by atoms with Crippen LogP contribution in [0.4, 0.5) is 5.82 Å². The molecule has 0 spiro atoms. The molecule has 10 heteroatoms. The third kappa shape index (κ3) is 3.75. The zero-order valence-corrected chi connectivity index (χ0v) is 18.9. The Labute approximate surface area is 198 Å². The van der Waals surface area contributed by atoms with Crippen LogP contribution in [0.1, 0.15) is 24.1 Å². The van der Waals surface area contributed by atoms with E-state index in [-0.39, 0.29) is 24.0 Å². The first-order valence-electron chi connectivity index (χ1n) is 11.1. The van der Waals surface area contributed by atoms with E-state index in [1.54, 1.807) is 18.2 Å². The molecule has 0 fully saturated rings. The molecule has 2 N–H and O–H groups in total. The van der Waals surface area contributed by atoms with Crippen LogP contribution in [0, 0.1) is 0 Å². The number of ether oxygens (including phenoxy) is 2. The van der Waals surface area contributed by atoms with Crippen LogP contribution in [0.25, 0.3) is 16.5 Å². The highest BCUT2D eigenvalue weighted by Crippen LogP contribution is 2.32. The zero-order chi connectivity index (χ0) is 23.1. The molecule has 34 heavy (non-hydrogen) atoms. The van der Waals surface area contributed by atoms with Crippen LogP contribution in [0.5, 0.6) is 11.5 Å². The first-order chi connectivity index (χ1) is 16.7. The van der Waals surface area contributed by atoms with Crippen molar-refractivity contribution in [1.29, 1.82) is 0 Å². The van der Waals surface area contributed by atoms with Crippen LogP contribution < -0.4 is 20.3 Å². The second-order valence-corrected chi connectivity index (χ2v) is 9.13. The molecule has 2 aliphatic rings. The Morgan fingerprint density at radius 3 is 2.85 bits per heavy atom. The Morgan fingerprint density at radius 1 is 1.15 bits per heavy atom. The molecule has 1 aliphatic heterocycles. The minimum atomic E-state index is -0.834. The van der Waals surface area contributed by atoms with Gasteiger partial charge in [-0.15, -0.1) is 11.3 Å². The van der Waals surface area contributed by atoms with E-state index in [0.29, 0.717) is 23.0 Å². The van der Waals surface area contributed by atoms with Gasteiger partial charge in [0.2, 0.25) is 12.1 Å². The number of rotatable bonds is 4. The van der Waals surface area contributed by atoms with Gasteiger partial charge in [-0.2, -0.15) is 9.78 Å². The van der Waals surface area contributed by atoms with Gasteiger partial charge in [0, 0.05) is 11.6 Å². The standard InChI is InChI=1S/C24H21N5O4S/c30-22-14-6-1-2-7-15(14)25-24(27-22)29-21(12-16(28-29)20-10-5-11-34-20)26-23(31)19-13-32-17-8-3-4-9-18(17)33-19/h3-5,8-12,19H,1-2,6-7,13H2,(H,26,31)(H,25,27,30). The third-order valence-corrected chi connectivity index (χ3v) is 6.81. The zero-order valence-electron chi connectivity index (χ0n) is 18.1. The van der Waals surface area contributed by atoms with Gasteiger partial charge in [0.1, 0.15) is 18.1 Å². The summed E-state index contributed by atoms with van der Waals surface area (Å²) < 4.78 is 13.0. The smallest absolute Gasteiger partial charge is 0.270 e. The van der Waals surface area contributed by atoms with Crippen LogP contribution in [-0.4, -0.2) is 38.4 Å². The number of hydrogen-bond acceptors (Lipinski definition) is 7. The molecule has 4 heterocycles. The lowest BCUT2D eigenvalue weighted by atomic mass is 9.97. The number of thiophene rings is 1. The summed E-state index contributed by atoms with van der Waals surface area (Å²) in [4.78, 5) is 34.3. The number of benzene rings is 1. The maximum Gasteiger partial charge on any atom is 0.270 e. The Bertz CT molecular complexity index is 1430. The number of aryl methyl sites for hydroxylation is 1. The highest BCUT2D eigenvalue weighted by Gasteiger charge is 2.29. The molecule has 4 aromatic rings. The molecule has 9 nitrogen and oxygen atoms in total. The number of aromatic amines is 1. The molecule has 1 aromatic carbocycles. The third-order valence-electron chi connectivity index (χ3n) is 5.91. The van der Waals surface area contributed by atoms with Crippen molar-refractivity contribution in [2.75, 3.05) is 11.9 Å². The van der Waals surface area contributed by atoms with Gasteiger partial charge in [0.25, 0.3) is 11.5 Å². The quantitative estimate of drug-likeness (QED) is 0.468. The highest BCUT2D eigenvalue weighted by atomic mass is 32.1. The molecule has 1 amide bonds. The fourth-order valence-electron chi connectivity index (χ4n) is 4.22. The summed E-state index contributed by atoms with van der Waals surface area (Å²) in [5.74, 6) is 1.40. The van der Waals surface area contributed by atoms with Gasteiger partial charge in [-0.25, -0.2) is 4.98 Å². The van der Waals surface area contributed by atoms with Crippen molar-refractivity contribution in [2.24, 2.45) is 0 Å². The number of hydrogen-bond donors (Lipinski definition) is 2. The molecule has 172 valence electrons. The summed E-state index contributed by atoms with van der Waals surface area (Å²) in [6.07, 6.45) is 2.61. The molecule has 0 saturated carbocycles. The Kier molecular flexibility index (Phi) is 5.14. The van der Waals surface area contributed by atoms with Crippen molar-refractivity contribution in [1.82, 2.24) is 19.7 Å². The van der Waals surface area contributed by atoms with Gasteiger partial charge >= 0.3 is 0 Å². The van der Waals surface area contributed by atoms with E-state index in [2.05, 4.69) is 15.4 Å². The fourth-order valence-corrected chi connectivity index (χ4v) is 4.90. The number of nitrogens with one attached hydrogen (secondary N) is 2. The molecule has 0 bridgehead atoms. The van der Waals surface area contributed by atoms with Crippen molar-refractivity contribution in [3.8, 4) is 28.0 Å². The highest BCUT2D eigenvalue weighted by molar-refractivity contribution is 7.13. The monoisotopic (exact) mass is 475 g/mol. The maximum absolute atomic E-state index is 13.1. The number of carbonyl (C=O) groups excluding carboxylic acids is 1. The van der Waals surface area contributed by atoms with Crippen molar-refractivity contribution in [3.05, 3.63) is 69.5 Å². The largest absolute Gasteiger partial charge is 0.485 e. The fraction of sp³-hybridized carbons (Fsp3) is 0.250. The van der Waals surface area contributed by atoms with E-state index >= 15 is 0 Å². The van der Waals surface area contributed by atoms with Gasteiger partial charge < -0.3 is 14.8 Å². The summed E-state index contributed by atoms with van der Waals surface area (Å²) in [5.41, 5.74) is 2.02. The van der Waals surface area contributed by atoms with Crippen molar-refractivity contribution in [3.63, 3.8) is 0 Å². The molecule has 3 aromatic heterocycles. The lowest BCUT2D eigenvalue weighted by molar-refractivity contribution is -0.125. The number of anilines is 1. The van der Waals surface area contributed by atoms with E-state index in [9.17, 15) is 9.59 Å². The molecule has 1 atom stereocenters. The van der Waals surface area contributed by atoms with Crippen LogP contribution in [0.15, 0.2) is 52.6 Å². The first-order valence-corrected chi connectivity index (χ1v) is 12.0. The van der Waals surface area contributed by atoms with Crippen LogP contribution >= 0.6 is 11.3 Å². The number of fused-ring (bicyclic) bond motifs is 2. The van der Waals surface area contributed by atoms with E-state index < -0.39 is 6.10 Å². The predicted molar refractivity (Wildman–Crippen MR) is 127 cm³/mol. The normalized spacial score (nSPS) is 16.6. The number of nitrogens with zero attached hydrogens (tertiary/aromatic N) is 3. The molecule has 0 radical (unpaired) electrons. The van der Waals surface area contributed by atoms with Gasteiger partial charge in [-0.05, 0) is 49.3 Å². The number of aromatic nitrogens is 4. The summed E-state index contributed by atoms with van der Waals surface area (Å²) >= 11 is 1.53. The number of para-hydroxylation sites is 2. The molecule has 1 unspecified atom stereocenters. The predicted octanol–water partition coefficient (Wildman–Crippen LogP) is 3.34. The summed E-state index contributed by atoms with van der Waals surface area (Å²) in [6.45, 7) is 0.0860. The lowest BCUT2D eigenvalue weighted by Crippen LogP contribution is -2.40. The van der Waals surface area contributed by atoms with Gasteiger partial charge in [-0.1, -0.05) is 18.2 Å². The first kappa shape index (κ1) is 20.7. The second kappa shape index (κ2) is 8.45. The SMILES string of the molecule is O=C(Nc1cc(-c2cccs2)nn1-c1nc2c(c(=O)[nH]1)CCCC2)C1COc2ccccc2O1. The maximum atomic E-state index is 13.1. The van der Waals surface area contributed by atoms with Crippen molar-refractivity contribution >= 4 is 23.1 Å². The molecule has 6 rings (SSSR count). The van der Waals surface area contributed by atoms with Gasteiger partial charge in [-0.3, -0.25) is 14.6 Å². The Hall–Kier alpha value is -3.92. The summed E-state index contributed by atoms with van der Waals surface area (Å²) in [5, 5.41) is 9.50. The number of amides is 1. The lowest BCUT2D eigenvalue weighted by Gasteiger charge is -2.25. The molecule has 0 saturated heterocycles. The van der Waals surface area contributed by atoms with Crippen LogP contribution in [0.3, 0.4) is 0 Å². The van der Waals surface area contributed by atoms with Crippen molar-refractivity contribution in [2.45, 2.75) is 31.8 Å². The number of carbonyl (C=O) groups is 1. The molecular formula is C24H21N5O4S. The van der Waals surface area contributed by atoms with Gasteiger partial charge in [0.15, 0.2) is 11.5 Å². The van der Waals surface area contributed by atoms with Gasteiger partial charge in [0.05, 0.1) is 10.6 Å². The molecular weight excluding hydrogens is 454 g/mol. The topological polar surface area (TPSA) is 111 Å². The van der Waals surface area contributed by atoms with E-state index in [1.807, 2.05) is 29.6 Å². The Balaban J connectivity index is 1.35. The van der Waals surface area contributed by atoms with E-state index in [4.69, 9.17) is 14.5 Å². The molecule has 1 aliphatic carbocycles. The summed E-state index contributed by atoms with van der Waals surface area (Å²) in [7, 11) is 0. The second-order valence-electron chi connectivity index (χ2n) is 8.18. The van der Waals surface area contributed by atoms with Crippen molar-refractivity contribution < 1.29 is 14.3 Å². The Morgan fingerprint density at radius 2 is 2.00 bits per heavy atom. The minimum absolute atomic E-state index is 0.0860. The van der Waals surface area contributed by atoms with E-state index in [1.165, 1.54) is 16.0 Å². The van der Waals surface area contributed by atoms with Crippen LogP contribution in [0.2, 0.25) is 0 Å². The average molecular weight is 476 g/mol. The minimum Gasteiger partial charge on any atom is -0.485 e. The summed E-state index contributed by atoms with van der Waals surface area (Å²) in [6, 6.07) is 12.9. The average Bonchev–Trinajstić information content (AvgIpc) is 3.54. The number of H-pyrrole nitrogens is 1. The van der Waals surface area contributed by atoms with Crippen LogP contribution in [-0.2, 0) is 17.6 Å².